The van der Waals surface area contributed by atoms with Crippen LogP contribution in [-0.4, -0.2) is 45.4 Å². The van der Waals surface area contributed by atoms with Crippen molar-refractivity contribution in [2.45, 2.75) is 12.4 Å². The van der Waals surface area contributed by atoms with Gasteiger partial charge in [-0.2, -0.15) is 36.3 Å². The lowest BCUT2D eigenvalue weighted by molar-refractivity contribution is -0.384. The van der Waals surface area contributed by atoms with Crippen LogP contribution in [0.15, 0.2) is 24.3 Å². The molecule has 0 saturated heterocycles. The van der Waals surface area contributed by atoms with Crippen molar-refractivity contribution in [1.29, 1.82) is 0 Å². The fraction of sp³-hybridized carbons (Fsp3) is 0.308. The van der Waals surface area contributed by atoms with E-state index in [2.05, 4.69) is 29.7 Å². The predicted octanol–water partition coefficient (Wildman–Crippen LogP) is 3.41. The molecule has 1 aromatic carbocycles. The monoisotopic (exact) mass is 413 g/mol. The SMILES string of the molecule is O=[N+]([O-])c1cccc(Nc2nc(OCC(F)(F)F)nc(OCC(F)(F)F)n2)c1. The van der Waals surface area contributed by atoms with E-state index >= 15 is 0 Å². The Balaban J connectivity index is 2.27. The molecule has 1 aromatic heterocycles. The van der Waals surface area contributed by atoms with Crippen LogP contribution in [0, 0.1) is 10.1 Å². The predicted molar refractivity (Wildman–Crippen MR) is 79.3 cm³/mol. The molecule has 152 valence electrons. The molecule has 0 atom stereocenters. The number of anilines is 2. The summed E-state index contributed by atoms with van der Waals surface area (Å²) in [5.74, 6) is -0.551. The van der Waals surface area contributed by atoms with Gasteiger partial charge in [-0.15, -0.1) is 4.98 Å². The van der Waals surface area contributed by atoms with Crippen LogP contribution < -0.4 is 14.8 Å². The molecule has 0 fully saturated rings. The van der Waals surface area contributed by atoms with E-state index < -0.39 is 48.5 Å². The normalized spacial score (nSPS) is 11.8. The molecule has 0 unspecified atom stereocenters. The number of hydrogen-bond donors (Lipinski definition) is 1. The average Bonchev–Trinajstić information content (AvgIpc) is 2.57. The Hall–Kier alpha value is -3.39. The van der Waals surface area contributed by atoms with E-state index in [0.717, 1.165) is 12.1 Å². The van der Waals surface area contributed by atoms with Crippen molar-refractivity contribution in [2.75, 3.05) is 18.5 Å². The molecule has 2 aromatic rings. The van der Waals surface area contributed by atoms with Gasteiger partial charge in [-0.05, 0) is 6.07 Å². The first-order chi connectivity index (χ1) is 12.9. The third-order valence-electron chi connectivity index (χ3n) is 2.64. The molecule has 0 aliphatic carbocycles. The summed E-state index contributed by atoms with van der Waals surface area (Å²) in [7, 11) is 0. The van der Waals surface area contributed by atoms with E-state index in [1.54, 1.807) is 0 Å². The number of nitro groups is 1. The second-order valence-corrected chi connectivity index (χ2v) is 4.96. The Morgan fingerprint density at radius 2 is 1.50 bits per heavy atom. The lowest BCUT2D eigenvalue weighted by Gasteiger charge is -2.12. The van der Waals surface area contributed by atoms with Crippen molar-refractivity contribution in [3.8, 4) is 12.0 Å². The molecule has 1 N–H and O–H groups in total. The summed E-state index contributed by atoms with van der Waals surface area (Å²) in [4.78, 5) is 20.2. The topological polar surface area (TPSA) is 112 Å². The Morgan fingerprint density at radius 1 is 0.964 bits per heavy atom. The minimum atomic E-state index is -4.76. The lowest BCUT2D eigenvalue weighted by atomic mass is 10.3. The van der Waals surface area contributed by atoms with Gasteiger partial charge in [0.25, 0.3) is 5.69 Å². The number of ether oxygens (including phenoxy) is 2. The number of alkyl halides is 6. The highest BCUT2D eigenvalue weighted by Crippen LogP contribution is 2.24. The zero-order valence-corrected chi connectivity index (χ0v) is 13.4. The molecule has 0 bridgehead atoms. The molecular weight excluding hydrogens is 404 g/mol. The maximum absolute atomic E-state index is 12.3. The Kier molecular flexibility index (Phi) is 6.05. The van der Waals surface area contributed by atoms with Gasteiger partial charge in [-0.3, -0.25) is 10.1 Å². The number of nitrogens with zero attached hydrogens (tertiary/aromatic N) is 4. The van der Waals surface area contributed by atoms with Crippen LogP contribution in [0.2, 0.25) is 0 Å². The summed E-state index contributed by atoms with van der Waals surface area (Å²) in [5, 5.41) is 13.1. The lowest BCUT2D eigenvalue weighted by Crippen LogP contribution is -2.22. The van der Waals surface area contributed by atoms with E-state index in [4.69, 9.17) is 0 Å². The van der Waals surface area contributed by atoms with Gasteiger partial charge in [0.05, 0.1) is 4.92 Å². The van der Waals surface area contributed by atoms with Crippen molar-refractivity contribution in [3.63, 3.8) is 0 Å². The van der Waals surface area contributed by atoms with Crippen molar-refractivity contribution in [2.24, 2.45) is 0 Å². The molecule has 0 spiro atoms. The molecule has 0 aliphatic heterocycles. The molecule has 2 rings (SSSR count). The van der Waals surface area contributed by atoms with E-state index in [1.807, 2.05) is 0 Å². The molecule has 0 radical (unpaired) electrons. The summed E-state index contributed by atoms with van der Waals surface area (Å²) in [5.41, 5.74) is -0.301. The van der Waals surface area contributed by atoms with Gasteiger partial charge >= 0.3 is 24.4 Å². The van der Waals surface area contributed by atoms with Gasteiger partial charge in [-0.25, -0.2) is 0 Å². The van der Waals surface area contributed by atoms with E-state index in [9.17, 15) is 36.5 Å². The first kappa shape index (κ1) is 20.9. The fourth-order valence-corrected chi connectivity index (χ4v) is 1.64. The summed E-state index contributed by atoms with van der Waals surface area (Å²) < 4.78 is 82.1. The van der Waals surface area contributed by atoms with E-state index in [1.165, 1.54) is 12.1 Å². The van der Waals surface area contributed by atoms with E-state index in [-0.39, 0.29) is 11.4 Å². The Labute approximate surface area is 151 Å². The largest absolute Gasteiger partial charge is 0.454 e. The number of aromatic nitrogens is 3. The van der Waals surface area contributed by atoms with Crippen molar-refractivity contribution >= 4 is 17.3 Å². The second kappa shape index (κ2) is 8.10. The van der Waals surface area contributed by atoms with Crippen LogP contribution in [0.1, 0.15) is 0 Å². The maximum Gasteiger partial charge on any atom is 0.422 e. The van der Waals surface area contributed by atoms with Gasteiger partial charge in [0, 0.05) is 17.8 Å². The summed E-state index contributed by atoms with van der Waals surface area (Å²) in [6.07, 6.45) is -9.51. The number of non-ortho nitro benzene ring substituents is 1. The molecule has 0 amide bonds. The van der Waals surface area contributed by atoms with Crippen LogP contribution in [-0.2, 0) is 0 Å². The summed E-state index contributed by atoms with van der Waals surface area (Å²) >= 11 is 0. The number of benzene rings is 1. The van der Waals surface area contributed by atoms with Gasteiger partial charge in [0.1, 0.15) is 0 Å². The van der Waals surface area contributed by atoms with Crippen LogP contribution in [0.5, 0.6) is 12.0 Å². The molecular formula is C13H9F6N5O4. The summed E-state index contributed by atoms with van der Waals surface area (Å²) in [6.45, 7) is -3.63. The fourth-order valence-electron chi connectivity index (χ4n) is 1.64. The van der Waals surface area contributed by atoms with Crippen LogP contribution in [0.3, 0.4) is 0 Å². The minimum absolute atomic E-state index is 0.0314. The van der Waals surface area contributed by atoms with Crippen molar-refractivity contribution < 1.29 is 40.7 Å². The number of halogens is 6. The molecule has 0 aliphatic rings. The van der Waals surface area contributed by atoms with Crippen molar-refractivity contribution in [3.05, 3.63) is 34.4 Å². The van der Waals surface area contributed by atoms with Crippen LogP contribution in [0.25, 0.3) is 0 Å². The maximum atomic E-state index is 12.3. The molecule has 9 nitrogen and oxygen atoms in total. The van der Waals surface area contributed by atoms with Gasteiger partial charge in [0.15, 0.2) is 13.2 Å². The third kappa shape index (κ3) is 7.08. The summed E-state index contributed by atoms with van der Waals surface area (Å²) in [6, 6.07) is 2.88. The first-order valence-electron chi connectivity index (χ1n) is 7.08. The smallest absolute Gasteiger partial charge is 0.422 e. The second-order valence-electron chi connectivity index (χ2n) is 4.96. The third-order valence-corrected chi connectivity index (χ3v) is 2.64. The highest BCUT2D eigenvalue weighted by molar-refractivity contribution is 5.57. The van der Waals surface area contributed by atoms with Gasteiger partial charge < -0.3 is 14.8 Å². The molecule has 1 heterocycles. The van der Waals surface area contributed by atoms with Crippen molar-refractivity contribution in [1.82, 2.24) is 15.0 Å². The quantitative estimate of drug-likeness (QED) is 0.418. The number of rotatable bonds is 7. The number of nitrogens with one attached hydrogen (secondary N) is 1. The Bertz CT molecular complexity index is 809. The standard InChI is InChI=1S/C13H9F6N5O4/c14-12(15,16)5-27-10-21-9(22-11(23-10)28-6-13(17,18)19)20-7-2-1-3-8(4-7)24(25)26/h1-4H,5-6H2,(H,20,21,22,23). The zero-order chi connectivity index (χ0) is 20.9. The van der Waals surface area contributed by atoms with Gasteiger partial charge in [-0.1, -0.05) is 6.07 Å². The molecule has 0 saturated carbocycles. The minimum Gasteiger partial charge on any atom is -0.454 e. The Morgan fingerprint density at radius 3 is 1.96 bits per heavy atom. The highest BCUT2D eigenvalue weighted by Gasteiger charge is 2.31. The first-order valence-corrected chi connectivity index (χ1v) is 7.08. The number of nitro benzene ring substituents is 1. The van der Waals surface area contributed by atoms with Crippen LogP contribution >= 0.6 is 0 Å². The highest BCUT2D eigenvalue weighted by atomic mass is 19.4. The molecule has 15 heteroatoms. The van der Waals surface area contributed by atoms with Gasteiger partial charge in [0.2, 0.25) is 5.95 Å². The number of hydrogen-bond acceptors (Lipinski definition) is 8. The zero-order valence-electron chi connectivity index (χ0n) is 13.4. The van der Waals surface area contributed by atoms with Crippen LogP contribution in [0.4, 0.5) is 43.7 Å². The molecule has 28 heavy (non-hydrogen) atoms. The van der Waals surface area contributed by atoms with E-state index in [0.29, 0.717) is 0 Å². The average molecular weight is 413 g/mol.